The molecule has 1 fully saturated rings. The summed E-state index contributed by atoms with van der Waals surface area (Å²) in [5, 5.41) is 0. The first-order valence-electron chi connectivity index (χ1n) is 3.51. The van der Waals surface area contributed by atoms with Crippen LogP contribution < -0.4 is 0 Å². The number of hydrogen-bond acceptors (Lipinski definition) is 1. The van der Waals surface area contributed by atoms with Crippen LogP contribution in [-0.2, 0) is 0 Å². The number of nitrogens with zero attached hydrogens (tertiary/aromatic N) is 1. The number of fused-ring (bicyclic) bond motifs is 1. The largest absolute Gasteiger partial charge is 0.362 e. The van der Waals surface area contributed by atoms with Gasteiger partial charge in [-0.25, -0.2) is 4.39 Å². The Hall–Kier alpha value is -0.790. The van der Waals surface area contributed by atoms with Crippen LogP contribution in [0.15, 0.2) is 23.2 Å². The van der Waals surface area contributed by atoms with E-state index in [9.17, 15) is 4.39 Å². The van der Waals surface area contributed by atoms with Gasteiger partial charge in [-0.3, -0.25) is 0 Å². The normalized spacial score (nSPS) is 30.1. The van der Waals surface area contributed by atoms with Crippen molar-refractivity contribution in [2.24, 2.45) is 0 Å². The van der Waals surface area contributed by atoms with Crippen LogP contribution >= 0.6 is 0 Å². The molecule has 2 aliphatic rings. The average molecular weight is 139 g/mol. The summed E-state index contributed by atoms with van der Waals surface area (Å²) >= 11 is 0. The fourth-order valence-corrected chi connectivity index (χ4v) is 1.44. The molecule has 2 heterocycles. The van der Waals surface area contributed by atoms with Crippen LogP contribution in [0.2, 0.25) is 0 Å². The third-order valence-corrected chi connectivity index (χ3v) is 2.27. The second-order valence-corrected chi connectivity index (χ2v) is 2.99. The summed E-state index contributed by atoms with van der Waals surface area (Å²) in [6.45, 7) is 4.83. The van der Waals surface area contributed by atoms with Crippen molar-refractivity contribution in [1.29, 1.82) is 0 Å². The lowest BCUT2D eigenvalue weighted by Gasteiger charge is -2.11. The van der Waals surface area contributed by atoms with Gasteiger partial charge >= 0.3 is 0 Å². The Morgan fingerprint density at radius 1 is 1.60 bits per heavy atom. The van der Waals surface area contributed by atoms with Gasteiger partial charge in [-0.15, -0.1) is 0 Å². The number of halogens is 1. The Kier molecular flexibility index (Phi) is 0.967. The molecular formula is C8H10FN. The van der Waals surface area contributed by atoms with Crippen LogP contribution in [0.25, 0.3) is 0 Å². The highest BCUT2D eigenvalue weighted by Gasteiger charge is 2.39. The molecule has 54 valence electrons. The lowest BCUT2D eigenvalue weighted by atomic mass is 10.1. The summed E-state index contributed by atoms with van der Waals surface area (Å²) in [7, 11) is 0. The average Bonchev–Trinajstić information content (AvgIpc) is 2.61. The maximum Gasteiger partial charge on any atom is 0.142 e. The fourth-order valence-electron chi connectivity index (χ4n) is 1.44. The first-order chi connectivity index (χ1) is 4.70. The molecule has 0 saturated carbocycles. The van der Waals surface area contributed by atoms with Gasteiger partial charge in [0.2, 0.25) is 0 Å². The standard InChI is InChI=1S/C8H10FN/c1-5-3-7(9)6(2)10-4-8(5)10/h3,8H,4H2,1-2H3. The van der Waals surface area contributed by atoms with E-state index >= 15 is 0 Å². The summed E-state index contributed by atoms with van der Waals surface area (Å²) in [5.41, 5.74) is 1.96. The van der Waals surface area contributed by atoms with E-state index in [1.165, 1.54) is 0 Å². The molecule has 0 aromatic rings. The Morgan fingerprint density at radius 3 is 3.00 bits per heavy atom. The lowest BCUT2D eigenvalue weighted by molar-refractivity contribution is 0.554. The van der Waals surface area contributed by atoms with Crippen LogP contribution in [0.3, 0.4) is 0 Å². The molecule has 0 bridgehead atoms. The van der Waals surface area contributed by atoms with E-state index in [2.05, 4.69) is 4.90 Å². The van der Waals surface area contributed by atoms with E-state index < -0.39 is 0 Å². The molecule has 1 saturated heterocycles. The summed E-state index contributed by atoms with van der Waals surface area (Å²) in [5.74, 6) is -0.0637. The van der Waals surface area contributed by atoms with Gasteiger partial charge in [-0.2, -0.15) is 0 Å². The van der Waals surface area contributed by atoms with E-state index in [1.54, 1.807) is 6.08 Å². The SMILES string of the molecule is CC1=CC(F)=C(C)N2CC12. The molecule has 10 heavy (non-hydrogen) atoms. The summed E-state index contributed by atoms with van der Waals surface area (Å²) in [6.07, 6.45) is 1.64. The van der Waals surface area contributed by atoms with E-state index in [0.29, 0.717) is 6.04 Å². The molecule has 0 amide bonds. The molecule has 0 aromatic heterocycles. The molecule has 0 aliphatic carbocycles. The van der Waals surface area contributed by atoms with Gasteiger partial charge in [0.15, 0.2) is 0 Å². The molecule has 1 nitrogen and oxygen atoms in total. The highest BCUT2D eigenvalue weighted by atomic mass is 19.1. The molecule has 1 atom stereocenters. The molecular weight excluding hydrogens is 129 g/mol. The van der Waals surface area contributed by atoms with Crippen LogP contribution in [0, 0.1) is 0 Å². The minimum Gasteiger partial charge on any atom is -0.362 e. The Balaban J connectivity index is 2.40. The van der Waals surface area contributed by atoms with Gasteiger partial charge in [0.25, 0.3) is 0 Å². The quantitative estimate of drug-likeness (QED) is 0.463. The van der Waals surface area contributed by atoms with Crippen LogP contribution in [0.4, 0.5) is 4.39 Å². The predicted molar refractivity (Wildman–Crippen MR) is 38.1 cm³/mol. The molecule has 1 unspecified atom stereocenters. The van der Waals surface area contributed by atoms with Crippen LogP contribution in [0.1, 0.15) is 13.8 Å². The Morgan fingerprint density at radius 2 is 2.30 bits per heavy atom. The molecule has 0 radical (unpaired) electrons. The zero-order valence-corrected chi connectivity index (χ0v) is 6.19. The summed E-state index contributed by atoms with van der Waals surface area (Å²) in [4.78, 5) is 2.07. The van der Waals surface area contributed by atoms with Gasteiger partial charge in [0, 0.05) is 12.2 Å². The zero-order valence-electron chi connectivity index (χ0n) is 6.19. The van der Waals surface area contributed by atoms with Crippen molar-refractivity contribution < 1.29 is 4.39 Å². The fraction of sp³-hybridized carbons (Fsp3) is 0.500. The minimum absolute atomic E-state index is 0.0637. The van der Waals surface area contributed by atoms with Crippen molar-refractivity contribution in [1.82, 2.24) is 4.90 Å². The monoisotopic (exact) mass is 139 g/mol. The summed E-state index contributed by atoms with van der Waals surface area (Å²) < 4.78 is 12.9. The Labute approximate surface area is 59.8 Å². The minimum atomic E-state index is -0.0637. The van der Waals surface area contributed by atoms with Gasteiger partial charge in [0.05, 0.1) is 6.04 Å². The molecule has 0 spiro atoms. The van der Waals surface area contributed by atoms with Crippen molar-refractivity contribution in [3.8, 4) is 0 Å². The smallest absolute Gasteiger partial charge is 0.142 e. The molecule has 0 N–H and O–H groups in total. The van der Waals surface area contributed by atoms with Crippen molar-refractivity contribution in [2.75, 3.05) is 6.54 Å². The topological polar surface area (TPSA) is 3.01 Å². The highest BCUT2D eigenvalue weighted by Crippen LogP contribution is 2.36. The van der Waals surface area contributed by atoms with Gasteiger partial charge < -0.3 is 4.90 Å². The molecule has 2 rings (SSSR count). The third-order valence-electron chi connectivity index (χ3n) is 2.27. The maximum absolute atomic E-state index is 12.9. The van der Waals surface area contributed by atoms with Gasteiger partial charge in [-0.05, 0) is 25.5 Å². The third kappa shape index (κ3) is 0.618. The zero-order chi connectivity index (χ0) is 7.30. The van der Waals surface area contributed by atoms with Crippen LogP contribution in [0.5, 0.6) is 0 Å². The maximum atomic E-state index is 12.9. The van der Waals surface area contributed by atoms with Crippen LogP contribution in [-0.4, -0.2) is 17.5 Å². The predicted octanol–water partition coefficient (Wildman–Crippen LogP) is 1.83. The highest BCUT2D eigenvalue weighted by molar-refractivity contribution is 5.36. The van der Waals surface area contributed by atoms with Crippen molar-refractivity contribution in [2.45, 2.75) is 19.9 Å². The van der Waals surface area contributed by atoms with Crippen molar-refractivity contribution in [3.63, 3.8) is 0 Å². The number of hydrogen-bond donors (Lipinski definition) is 0. The number of rotatable bonds is 0. The van der Waals surface area contributed by atoms with E-state index in [4.69, 9.17) is 0 Å². The van der Waals surface area contributed by atoms with Crippen molar-refractivity contribution in [3.05, 3.63) is 23.2 Å². The molecule has 2 aliphatic heterocycles. The molecule has 2 heteroatoms. The Bertz CT molecular complexity index is 240. The second-order valence-electron chi connectivity index (χ2n) is 2.99. The van der Waals surface area contributed by atoms with E-state index in [0.717, 1.165) is 17.8 Å². The van der Waals surface area contributed by atoms with Gasteiger partial charge in [-0.1, -0.05) is 0 Å². The first kappa shape index (κ1) is 5.96. The second kappa shape index (κ2) is 1.62. The first-order valence-corrected chi connectivity index (χ1v) is 3.51. The van der Waals surface area contributed by atoms with E-state index in [-0.39, 0.29) is 5.83 Å². The van der Waals surface area contributed by atoms with Crippen molar-refractivity contribution >= 4 is 0 Å². The van der Waals surface area contributed by atoms with Gasteiger partial charge in [0.1, 0.15) is 5.83 Å². The number of allylic oxidation sites excluding steroid dienone is 3. The summed E-state index contributed by atoms with van der Waals surface area (Å²) in [6, 6.07) is 0.527. The van der Waals surface area contributed by atoms with E-state index in [1.807, 2.05) is 13.8 Å². The lowest BCUT2D eigenvalue weighted by Crippen LogP contribution is -2.06. The molecule has 0 aromatic carbocycles.